The van der Waals surface area contributed by atoms with Gasteiger partial charge in [-0.05, 0) is 42.3 Å². The van der Waals surface area contributed by atoms with Gasteiger partial charge in [0.05, 0.1) is 18.3 Å². The molecule has 25 heavy (non-hydrogen) atoms. The smallest absolute Gasteiger partial charge is 0.230 e. The number of ether oxygens (including phenoxy) is 3. The molecule has 0 aromatic heterocycles. The Labute approximate surface area is 146 Å². The van der Waals surface area contributed by atoms with Gasteiger partial charge in [0.1, 0.15) is 11.5 Å². The number of fused-ring (bicyclic) bond motifs is 4. The molecule has 0 radical (unpaired) electrons. The highest BCUT2D eigenvalue weighted by atomic mass is 16.7. The van der Waals surface area contributed by atoms with Crippen LogP contribution in [0.15, 0.2) is 36.4 Å². The molecule has 0 spiro atoms. The van der Waals surface area contributed by atoms with Crippen LogP contribution < -0.4 is 14.8 Å². The first-order chi connectivity index (χ1) is 12.3. The summed E-state index contributed by atoms with van der Waals surface area (Å²) in [7, 11) is 0. The summed E-state index contributed by atoms with van der Waals surface area (Å²) in [5.74, 6) is 1.27. The first kappa shape index (κ1) is 16.1. The van der Waals surface area contributed by atoms with Gasteiger partial charge in [-0.1, -0.05) is 13.0 Å². The van der Waals surface area contributed by atoms with Crippen LogP contribution in [-0.4, -0.2) is 32.3 Å². The van der Waals surface area contributed by atoms with Crippen molar-refractivity contribution in [1.82, 2.24) is 5.32 Å². The highest BCUT2D eigenvalue weighted by Gasteiger charge is 2.25. The SMILES string of the molecule is CCc1c(C2CNCCO2)ccc2c1OCOc1ccc(cc1)C2=O. The van der Waals surface area contributed by atoms with Crippen LogP contribution in [0.5, 0.6) is 11.5 Å². The van der Waals surface area contributed by atoms with Gasteiger partial charge in [0.2, 0.25) is 6.79 Å². The average molecular weight is 339 g/mol. The largest absolute Gasteiger partial charge is 0.458 e. The second-order valence-corrected chi connectivity index (χ2v) is 6.19. The van der Waals surface area contributed by atoms with E-state index in [0.717, 1.165) is 30.6 Å². The molecule has 0 saturated carbocycles. The maximum absolute atomic E-state index is 13.0. The Hall–Kier alpha value is -2.37. The zero-order chi connectivity index (χ0) is 17.2. The second-order valence-electron chi connectivity index (χ2n) is 6.19. The van der Waals surface area contributed by atoms with Crippen molar-refractivity contribution in [3.8, 4) is 11.5 Å². The summed E-state index contributed by atoms with van der Waals surface area (Å²) in [5, 5.41) is 3.35. The Bertz CT molecular complexity index is 779. The maximum atomic E-state index is 13.0. The molecule has 0 amide bonds. The minimum Gasteiger partial charge on any atom is -0.458 e. The fraction of sp³-hybridized carbons (Fsp3) is 0.350. The van der Waals surface area contributed by atoms with Crippen molar-refractivity contribution >= 4 is 5.78 Å². The summed E-state index contributed by atoms with van der Waals surface area (Å²) in [6.45, 7) is 4.44. The zero-order valence-electron chi connectivity index (χ0n) is 14.2. The third-order valence-electron chi connectivity index (χ3n) is 4.71. The van der Waals surface area contributed by atoms with Crippen LogP contribution >= 0.6 is 0 Å². The van der Waals surface area contributed by atoms with Gasteiger partial charge in [0.25, 0.3) is 0 Å². The number of rotatable bonds is 2. The Kier molecular flexibility index (Phi) is 4.42. The van der Waals surface area contributed by atoms with Gasteiger partial charge < -0.3 is 19.5 Å². The van der Waals surface area contributed by atoms with E-state index in [4.69, 9.17) is 14.2 Å². The first-order valence-corrected chi connectivity index (χ1v) is 8.66. The first-order valence-electron chi connectivity index (χ1n) is 8.66. The average Bonchev–Trinajstić information content (AvgIpc) is 2.68. The quantitative estimate of drug-likeness (QED) is 0.912. The number of carbonyl (C=O) groups excluding carboxylic acids is 1. The topological polar surface area (TPSA) is 56.8 Å². The summed E-state index contributed by atoms with van der Waals surface area (Å²) >= 11 is 0. The fourth-order valence-electron chi connectivity index (χ4n) is 3.43. The van der Waals surface area contributed by atoms with Crippen molar-refractivity contribution in [2.45, 2.75) is 19.4 Å². The van der Waals surface area contributed by atoms with Crippen molar-refractivity contribution in [1.29, 1.82) is 0 Å². The maximum Gasteiger partial charge on any atom is 0.230 e. The van der Waals surface area contributed by atoms with Crippen LogP contribution in [0.2, 0.25) is 0 Å². The number of benzene rings is 2. The second kappa shape index (κ2) is 6.86. The highest BCUT2D eigenvalue weighted by molar-refractivity contribution is 6.11. The summed E-state index contributed by atoms with van der Waals surface area (Å²) in [6, 6.07) is 11.0. The van der Waals surface area contributed by atoms with Gasteiger partial charge in [0, 0.05) is 24.2 Å². The van der Waals surface area contributed by atoms with Crippen LogP contribution in [-0.2, 0) is 11.2 Å². The van der Waals surface area contributed by atoms with E-state index in [1.54, 1.807) is 24.3 Å². The lowest BCUT2D eigenvalue weighted by Crippen LogP contribution is -2.34. The van der Waals surface area contributed by atoms with Crippen molar-refractivity contribution in [2.24, 2.45) is 0 Å². The lowest BCUT2D eigenvalue weighted by molar-refractivity contribution is 0.0267. The molecular formula is C20H21NO4. The molecule has 2 bridgehead atoms. The molecule has 3 aliphatic rings. The molecule has 2 aromatic carbocycles. The predicted molar refractivity (Wildman–Crippen MR) is 93.4 cm³/mol. The molecule has 5 rings (SSSR count). The minimum atomic E-state index is -0.0348. The molecule has 5 nitrogen and oxygen atoms in total. The Morgan fingerprint density at radius 1 is 1.12 bits per heavy atom. The molecule has 1 atom stereocenters. The van der Waals surface area contributed by atoms with E-state index in [1.807, 2.05) is 12.1 Å². The van der Waals surface area contributed by atoms with Crippen molar-refractivity contribution in [2.75, 3.05) is 26.5 Å². The van der Waals surface area contributed by atoms with Crippen molar-refractivity contribution in [3.05, 3.63) is 58.7 Å². The molecule has 1 fully saturated rings. The lowest BCUT2D eigenvalue weighted by atomic mass is 9.92. The Morgan fingerprint density at radius 3 is 2.68 bits per heavy atom. The molecule has 3 heterocycles. The van der Waals surface area contributed by atoms with Crippen LogP contribution in [0.1, 0.15) is 40.1 Å². The molecule has 1 unspecified atom stereocenters. The van der Waals surface area contributed by atoms with E-state index in [0.29, 0.717) is 29.2 Å². The number of carbonyl (C=O) groups is 1. The normalized spacial score (nSPS) is 19.7. The monoisotopic (exact) mass is 339 g/mol. The van der Waals surface area contributed by atoms with Gasteiger partial charge in [-0.2, -0.15) is 0 Å². The summed E-state index contributed by atoms with van der Waals surface area (Å²) in [4.78, 5) is 13.0. The molecule has 2 aromatic rings. The van der Waals surface area contributed by atoms with Gasteiger partial charge in [0.15, 0.2) is 5.78 Å². The third-order valence-corrected chi connectivity index (χ3v) is 4.71. The van der Waals surface area contributed by atoms with Crippen LogP contribution in [0.25, 0.3) is 0 Å². The van der Waals surface area contributed by atoms with Gasteiger partial charge in [-0.15, -0.1) is 0 Å². The van der Waals surface area contributed by atoms with Crippen molar-refractivity contribution < 1.29 is 19.0 Å². The number of hydrogen-bond acceptors (Lipinski definition) is 5. The number of morpholine rings is 1. The minimum absolute atomic E-state index is 0.0257. The van der Waals surface area contributed by atoms with Gasteiger partial charge in [-0.3, -0.25) is 4.79 Å². The standard InChI is InChI=1S/C20H21NO4/c1-2-15-16(18-11-21-9-10-23-18)7-8-17-19(22)13-3-5-14(6-4-13)24-12-25-20(15)17/h3-8,18,21H,2,9-12H2,1H3. The zero-order valence-corrected chi connectivity index (χ0v) is 14.2. The van der Waals surface area contributed by atoms with E-state index in [2.05, 4.69) is 12.2 Å². The Balaban J connectivity index is 1.81. The highest BCUT2D eigenvalue weighted by Crippen LogP contribution is 2.35. The third kappa shape index (κ3) is 3.01. The molecule has 130 valence electrons. The van der Waals surface area contributed by atoms with Crippen LogP contribution in [0.4, 0.5) is 0 Å². The van der Waals surface area contributed by atoms with Gasteiger partial charge >= 0.3 is 0 Å². The summed E-state index contributed by atoms with van der Waals surface area (Å²) in [6.07, 6.45) is 0.728. The predicted octanol–water partition coefficient (Wildman–Crippen LogP) is 2.87. The van der Waals surface area contributed by atoms with E-state index in [-0.39, 0.29) is 18.7 Å². The molecule has 0 aliphatic carbocycles. The van der Waals surface area contributed by atoms with E-state index >= 15 is 0 Å². The van der Waals surface area contributed by atoms with Crippen LogP contribution in [0.3, 0.4) is 0 Å². The fourth-order valence-corrected chi connectivity index (χ4v) is 3.43. The number of nitrogens with one attached hydrogen (secondary N) is 1. The lowest BCUT2D eigenvalue weighted by Gasteiger charge is -2.27. The van der Waals surface area contributed by atoms with Crippen molar-refractivity contribution in [3.63, 3.8) is 0 Å². The molecular weight excluding hydrogens is 318 g/mol. The molecule has 5 heteroatoms. The van der Waals surface area contributed by atoms with E-state index in [1.165, 1.54) is 0 Å². The molecule has 1 saturated heterocycles. The number of hydrogen-bond donors (Lipinski definition) is 1. The van der Waals surface area contributed by atoms with E-state index in [9.17, 15) is 4.79 Å². The Morgan fingerprint density at radius 2 is 1.96 bits per heavy atom. The molecule has 1 N–H and O–H groups in total. The van der Waals surface area contributed by atoms with E-state index < -0.39 is 0 Å². The molecule has 3 aliphatic heterocycles. The summed E-state index contributed by atoms with van der Waals surface area (Å²) < 4.78 is 17.5. The van der Waals surface area contributed by atoms with Gasteiger partial charge in [-0.25, -0.2) is 0 Å². The summed E-state index contributed by atoms with van der Waals surface area (Å²) in [5.41, 5.74) is 3.29. The number of ketones is 1. The van der Waals surface area contributed by atoms with Crippen LogP contribution in [0, 0.1) is 0 Å².